The van der Waals surface area contributed by atoms with Crippen molar-refractivity contribution in [3.05, 3.63) is 64.1 Å². The number of ether oxygens (including phenoxy) is 2. The lowest BCUT2D eigenvalue weighted by molar-refractivity contribution is -0.111. The first-order chi connectivity index (χ1) is 16.6. The van der Waals surface area contributed by atoms with Gasteiger partial charge in [0.25, 0.3) is 0 Å². The number of amides is 1. The number of likely N-dealkylation sites (tertiary alicyclic amines) is 1. The van der Waals surface area contributed by atoms with Gasteiger partial charge in [-0.25, -0.2) is 4.79 Å². The van der Waals surface area contributed by atoms with E-state index in [1.807, 2.05) is 58.0 Å². The molecule has 0 aromatic heterocycles. The third-order valence-electron chi connectivity index (χ3n) is 6.60. The van der Waals surface area contributed by atoms with Gasteiger partial charge in [0.05, 0.1) is 0 Å². The van der Waals surface area contributed by atoms with Crippen molar-refractivity contribution >= 4 is 35.2 Å². The standard InChI is InChI=1S/C28H29NO5S/c1-17-6-5-7-18(14-17)19-8-9-20-21(15-19)24-25(23(31)22(20)30)35-16-28(33-24)10-12-29(13-11-28)26(32)34-27(2,3)4/h5-9,14-15H,10-13,16H2,1-4H3. The van der Waals surface area contributed by atoms with Crippen LogP contribution >= 0.6 is 11.8 Å². The number of hydrogen-bond acceptors (Lipinski definition) is 6. The molecule has 0 unspecified atom stereocenters. The van der Waals surface area contributed by atoms with E-state index in [1.165, 1.54) is 11.8 Å². The van der Waals surface area contributed by atoms with Crippen molar-refractivity contribution in [3.63, 3.8) is 0 Å². The van der Waals surface area contributed by atoms with Gasteiger partial charge in [0.2, 0.25) is 11.6 Å². The molecule has 1 aliphatic carbocycles. The van der Waals surface area contributed by atoms with Gasteiger partial charge in [-0.3, -0.25) is 9.59 Å². The number of nitrogens with zero attached hydrogens (tertiary/aromatic N) is 1. The molecule has 1 saturated heterocycles. The smallest absolute Gasteiger partial charge is 0.410 e. The van der Waals surface area contributed by atoms with Gasteiger partial charge < -0.3 is 14.4 Å². The molecule has 182 valence electrons. The molecule has 0 radical (unpaired) electrons. The van der Waals surface area contributed by atoms with Gasteiger partial charge in [-0.15, -0.1) is 11.8 Å². The van der Waals surface area contributed by atoms with Gasteiger partial charge in [-0.1, -0.05) is 35.9 Å². The number of benzene rings is 2. The predicted octanol–water partition coefficient (Wildman–Crippen LogP) is 5.63. The van der Waals surface area contributed by atoms with Gasteiger partial charge in [0.15, 0.2) is 0 Å². The topological polar surface area (TPSA) is 72.9 Å². The Labute approximate surface area is 209 Å². The average molecular weight is 492 g/mol. The monoisotopic (exact) mass is 491 g/mol. The number of Topliss-reactive ketones (excluding diaryl/α,β-unsaturated/α-hetero) is 2. The molecule has 2 aromatic carbocycles. The van der Waals surface area contributed by atoms with Crippen LogP contribution in [-0.2, 0) is 14.3 Å². The number of rotatable bonds is 1. The molecule has 1 amide bonds. The molecule has 3 aliphatic rings. The van der Waals surface area contributed by atoms with Crippen LogP contribution < -0.4 is 0 Å². The molecule has 1 fully saturated rings. The SMILES string of the molecule is Cc1cccc(-c2ccc3c(c2)C2=C(SCC4(CCN(C(=O)OC(C)(C)C)CC4)O2)C(=O)C3=O)c1. The van der Waals surface area contributed by atoms with E-state index in [2.05, 4.69) is 6.07 Å². The fraction of sp³-hybridized carbons (Fsp3) is 0.393. The zero-order chi connectivity index (χ0) is 25.0. The molecule has 2 heterocycles. The summed E-state index contributed by atoms with van der Waals surface area (Å²) >= 11 is 1.40. The maximum atomic E-state index is 12.9. The van der Waals surface area contributed by atoms with E-state index in [1.54, 1.807) is 11.0 Å². The predicted molar refractivity (Wildman–Crippen MR) is 136 cm³/mol. The van der Waals surface area contributed by atoms with Crippen LogP contribution in [0.15, 0.2) is 47.4 Å². The third-order valence-corrected chi connectivity index (χ3v) is 7.93. The van der Waals surface area contributed by atoms with Crippen LogP contribution in [0.5, 0.6) is 0 Å². The lowest BCUT2D eigenvalue weighted by atomic mass is 9.88. The van der Waals surface area contributed by atoms with Crippen molar-refractivity contribution < 1.29 is 23.9 Å². The lowest BCUT2D eigenvalue weighted by Crippen LogP contribution is -2.51. The summed E-state index contributed by atoms with van der Waals surface area (Å²) in [5.74, 6) is 0.0872. The molecule has 0 saturated carbocycles. The number of aryl methyl sites for hydroxylation is 1. The number of thioether (sulfide) groups is 1. The highest BCUT2D eigenvalue weighted by Gasteiger charge is 2.46. The Morgan fingerprint density at radius 2 is 1.71 bits per heavy atom. The second kappa shape index (κ2) is 8.55. The highest BCUT2D eigenvalue weighted by Crippen LogP contribution is 2.48. The molecule has 2 aliphatic heterocycles. The molecule has 35 heavy (non-hydrogen) atoms. The van der Waals surface area contributed by atoms with Crippen molar-refractivity contribution in [2.75, 3.05) is 18.8 Å². The Balaban J connectivity index is 1.44. The van der Waals surface area contributed by atoms with Crippen LogP contribution in [0.3, 0.4) is 0 Å². The molecule has 5 rings (SSSR count). The molecule has 2 aromatic rings. The summed E-state index contributed by atoms with van der Waals surface area (Å²) in [4.78, 5) is 40.4. The van der Waals surface area contributed by atoms with E-state index in [4.69, 9.17) is 9.47 Å². The van der Waals surface area contributed by atoms with E-state index >= 15 is 0 Å². The second-order valence-electron chi connectivity index (χ2n) is 10.5. The van der Waals surface area contributed by atoms with E-state index in [9.17, 15) is 14.4 Å². The normalized spacial score (nSPS) is 19.3. The van der Waals surface area contributed by atoms with E-state index in [0.717, 1.165) is 16.7 Å². The van der Waals surface area contributed by atoms with Crippen molar-refractivity contribution in [3.8, 4) is 11.1 Å². The fourth-order valence-electron chi connectivity index (χ4n) is 4.74. The summed E-state index contributed by atoms with van der Waals surface area (Å²) in [6.45, 7) is 8.64. The Kier molecular flexibility index (Phi) is 5.79. The van der Waals surface area contributed by atoms with Crippen molar-refractivity contribution in [1.82, 2.24) is 4.90 Å². The molecule has 0 atom stereocenters. The quantitative estimate of drug-likeness (QED) is 0.482. The Bertz CT molecular complexity index is 1260. The molecule has 6 nitrogen and oxygen atoms in total. The van der Waals surface area contributed by atoms with Crippen LogP contribution in [0.25, 0.3) is 16.9 Å². The zero-order valence-corrected chi connectivity index (χ0v) is 21.3. The number of piperidine rings is 1. The molecular weight excluding hydrogens is 462 g/mol. The number of carbonyl (C=O) groups is 3. The lowest BCUT2D eigenvalue weighted by Gasteiger charge is -2.45. The maximum absolute atomic E-state index is 12.9. The Morgan fingerprint density at radius 1 is 1.00 bits per heavy atom. The first kappa shape index (κ1) is 23.7. The summed E-state index contributed by atoms with van der Waals surface area (Å²) in [5.41, 5.74) is 3.17. The molecule has 0 N–H and O–H groups in total. The van der Waals surface area contributed by atoms with Crippen LogP contribution in [0.2, 0.25) is 0 Å². The molecule has 7 heteroatoms. The number of carbonyl (C=O) groups excluding carboxylic acids is 3. The Morgan fingerprint density at radius 3 is 2.40 bits per heavy atom. The highest BCUT2D eigenvalue weighted by atomic mass is 32.2. The minimum atomic E-state index is -0.545. The summed E-state index contributed by atoms with van der Waals surface area (Å²) in [7, 11) is 0. The summed E-state index contributed by atoms with van der Waals surface area (Å²) in [6, 6.07) is 13.7. The van der Waals surface area contributed by atoms with Crippen molar-refractivity contribution in [2.24, 2.45) is 0 Å². The molecular formula is C28H29NO5S. The van der Waals surface area contributed by atoms with Gasteiger partial charge >= 0.3 is 6.09 Å². The van der Waals surface area contributed by atoms with E-state index in [-0.39, 0.29) is 6.09 Å². The number of ketones is 2. The minimum Gasteiger partial charge on any atom is -0.484 e. The first-order valence-corrected chi connectivity index (χ1v) is 12.9. The fourth-order valence-corrected chi connectivity index (χ4v) is 6.00. The maximum Gasteiger partial charge on any atom is 0.410 e. The van der Waals surface area contributed by atoms with Crippen LogP contribution in [0.4, 0.5) is 4.79 Å². The van der Waals surface area contributed by atoms with Gasteiger partial charge in [0.1, 0.15) is 21.9 Å². The summed E-state index contributed by atoms with van der Waals surface area (Å²) < 4.78 is 12.1. The summed E-state index contributed by atoms with van der Waals surface area (Å²) in [5, 5.41) is 0. The Hall–Kier alpha value is -3.06. The summed E-state index contributed by atoms with van der Waals surface area (Å²) in [6.07, 6.45) is 0.943. The van der Waals surface area contributed by atoms with Crippen LogP contribution in [0.1, 0.15) is 55.1 Å². The van der Waals surface area contributed by atoms with Gasteiger partial charge in [-0.05, 0) is 51.0 Å². The number of hydrogen-bond donors (Lipinski definition) is 0. The van der Waals surface area contributed by atoms with Crippen molar-refractivity contribution in [2.45, 2.75) is 51.7 Å². The van der Waals surface area contributed by atoms with E-state index < -0.39 is 22.8 Å². The zero-order valence-electron chi connectivity index (χ0n) is 20.5. The number of allylic oxidation sites excluding steroid dienone is 1. The highest BCUT2D eigenvalue weighted by molar-refractivity contribution is 8.04. The number of fused-ring (bicyclic) bond motifs is 2. The average Bonchev–Trinajstić information content (AvgIpc) is 2.81. The third kappa shape index (κ3) is 4.49. The largest absolute Gasteiger partial charge is 0.484 e. The molecule has 0 bridgehead atoms. The minimum absolute atomic E-state index is 0.317. The second-order valence-corrected chi connectivity index (χ2v) is 11.5. The first-order valence-electron chi connectivity index (χ1n) is 11.9. The van der Waals surface area contributed by atoms with Gasteiger partial charge in [0, 0.05) is 42.8 Å². The van der Waals surface area contributed by atoms with Crippen LogP contribution in [-0.4, -0.2) is 52.6 Å². The van der Waals surface area contributed by atoms with E-state index in [0.29, 0.717) is 53.5 Å². The van der Waals surface area contributed by atoms with Crippen molar-refractivity contribution in [1.29, 1.82) is 0 Å². The van der Waals surface area contributed by atoms with Gasteiger partial charge in [-0.2, -0.15) is 0 Å². The molecule has 1 spiro atoms. The van der Waals surface area contributed by atoms with Crippen LogP contribution in [0, 0.1) is 6.92 Å².